The van der Waals surface area contributed by atoms with Gasteiger partial charge in [0, 0.05) is 53.5 Å². The highest BCUT2D eigenvalue weighted by atomic mass is 16.3. The quantitative estimate of drug-likeness (QED) is 0.871. The maximum Gasteiger partial charge on any atom is 0.0998 e. The standard InChI is InChI=1S/C21H25N3O/c1-20-11-23(3)12-21(2,19(20)25)14-24(13-20)18-9-8-15(10-22)16-6-4-5-7-17(16)18/h4-9,19,25H,11-14H2,1-3H3. The zero-order chi connectivity index (χ0) is 17.8. The highest BCUT2D eigenvalue weighted by Crippen LogP contribution is 2.47. The molecule has 2 bridgehead atoms. The van der Waals surface area contributed by atoms with Gasteiger partial charge in [-0.2, -0.15) is 5.26 Å². The Morgan fingerprint density at radius 2 is 1.60 bits per heavy atom. The van der Waals surface area contributed by atoms with E-state index in [-0.39, 0.29) is 16.9 Å². The average molecular weight is 335 g/mol. The van der Waals surface area contributed by atoms with E-state index in [2.05, 4.69) is 48.9 Å². The SMILES string of the molecule is CN1CC2(C)CN(c3ccc(C#N)c4ccccc34)CC(C)(C1)C2O. The molecule has 2 aliphatic heterocycles. The number of piperidine rings is 2. The molecule has 0 aliphatic carbocycles. The molecule has 2 atom stereocenters. The van der Waals surface area contributed by atoms with Crippen molar-refractivity contribution in [3.63, 3.8) is 0 Å². The van der Waals surface area contributed by atoms with Crippen LogP contribution in [0.25, 0.3) is 10.8 Å². The van der Waals surface area contributed by atoms with E-state index in [1.807, 2.05) is 24.3 Å². The molecule has 0 spiro atoms. The fourth-order valence-electron chi connectivity index (χ4n) is 5.33. The Kier molecular flexibility index (Phi) is 3.57. The zero-order valence-electron chi connectivity index (χ0n) is 15.2. The normalized spacial score (nSPS) is 32.6. The second-order valence-electron chi connectivity index (χ2n) is 8.53. The lowest BCUT2D eigenvalue weighted by Crippen LogP contribution is -2.69. The Labute approximate surface area is 149 Å². The van der Waals surface area contributed by atoms with Gasteiger partial charge in [-0.1, -0.05) is 38.1 Å². The van der Waals surface area contributed by atoms with Gasteiger partial charge < -0.3 is 14.9 Å². The molecule has 2 aromatic rings. The largest absolute Gasteiger partial charge is 0.392 e. The van der Waals surface area contributed by atoms with E-state index in [1.165, 1.54) is 5.69 Å². The first kappa shape index (κ1) is 16.4. The van der Waals surface area contributed by atoms with Crippen molar-refractivity contribution in [1.82, 2.24) is 4.90 Å². The number of rotatable bonds is 1. The van der Waals surface area contributed by atoms with Gasteiger partial charge in [0.2, 0.25) is 0 Å². The van der Waals surface area contributed by atoms with E-state index in [4.69, 9.17) is 0 Å². The summed E-state index contributed by atoms with van der Waals surface area (Å²) in [6.07, 6.45) is -0.294. The van der Waals surface area contributed by atoms with Crippen LogP contribution in [-0.4, -0.2) is 49.3 Å². The van der Waals surface area contributed by atoms with Crippen molar-refractivity contribution < 1.29 is 5.11 Å². The molecule has 2 heterocycles. The van der Waals surface area contributed by atoms with E-state index < -0.39 is 0 Å². The number of likely N-dealkylation sites (tertiary alicyclic amines) is 1. The summed E-state index contributed by atoms with van der Waals surface area (Å²) in [5, 5.41) is 22.5. The Balaban J connectivity index is 1.82. The van der Waals surface area contributed by atoms with Gasteiger partial charge in [-0.3, -0.25) is 0 Å². The number of benzene rings is 2. The van der Waals surface area contributed by atoms with Crippen LogP contribution in [0.15, 0.2) is 36.4 Å². The zero-order valence-corrected chi connectivity index (χ0v) is 15.2. The Morgan fingerprint density at radius 3 is 2.20 bits per heavy atom. The lowest BCUT2D eigenvalue weighted by Gasteiger charge is -2.60. The van der Waals surface area contributed by atoms with E-state index in [9.17, 15) is 10.4 Å². The van der Waals surface area contributed by atoms with Gasteiger partial charge in [0.25, 0.3) is 0 Å². The lowest BCUT2D eigenvalue weighted by molar-refractivity contribution is -0.127. The number of nitriles is 1. The highest BCUT2D eigenvalue weighted by Gasteiger charge is 2.55. The van der Waals surface area contributed by atoms with Crippen molar-refractivity contribution in [3.8, 4) is 6.07 Å². The molecule has 130 valence electrons. The number of hydrogen-bond acceptors (Lipinski definition) is 4. The van der Waals surface area contributed by atoms with Crippen molar-refractivity contribution >= 4 is 16.5 Å². The van der Waals surface area contributed by atoms with Gasteiger partial charge in [0.05, 0.1) is 17.7 Å². The molecule has 2 fully saturated rings. The summed E-state index contributed by atoms with van der Waals surface area (Å²) in [5.41, 5.74) is 1.57. The van der Waals surface area contributed by atoms with Crippen molar-refractivity contribution in [1.29, 1.82) is 5.26 Å². The van der Waals surface area contributed by atoms with Crippen LogP contribution in [0.5, 0.6) is 0 Å². The maximum absolute atomic E-state index is 11.0. The summed E-state index contributed by atoms with van der Waals surface area (Å²) in [7, 11) is 2.15. The summed E-state index contributed by atoms with van der Waals surface area (Å²) in [6.45, 7) is 7.84. The molecule has 0 radical (unpaired) electrons. The van der Waals surface area contributed by atoms with E-state index in [0.717, 1.165) is 37.0 Å². The van der Waals surface area contributed by atoms with Crippen LogP contribution in [0.4, 0.5) is 5.69 Å². The van der Waals surface area contributed by atoms with Crippen LogP contribution in [-0.2, 0) is 0 Å². The van der Waals surface area contributed by atoms with Gasteiger partial charge in [0.15, 0.2) is 0 Å². The fraction of sp³-hybridized carbons (Fsp3) is 0.476. The van der Waals surface area contributed by atoms with Crippen LogP contribution >= 0.6 is 0 Å². The molecule has 0 aromatic heterocycles. The summed E-state index contributed by atoms with van der Waals surface area (Å²) in [6, 6.07) is 14.4. The molecule has 1 N–H and O–H groups in total. The van der Waals surface area contributed by atoms with Crippen LogP contribution in [0.1, 0.15) is 19.4 Å². The third-order valence-electron chi connectivity index (χ3n) is 6.05. The lowest BCUT2D eigenvalue weighted by atomic mass is 9.63. The number of fused-ring (bicyclic) bond motifs is 3. The Hall–Kier alpha value is -2.09. The molecular weight excluding hydrogens is 310 g/mol. The van der Waals surface area contributed by atoms with E-state index >= 15 is 0 Å². The molecule has 4 nitrogen and oxygen atoms in total. The molecule has 0 saturated carbocycles. The first-order valence-electron chi connectivity index (χ1n) is 8.90. The summed E-state index contributed by atoms with van der Waals surface area (Å²) >= 11 is 0. The van der Waals surface area contributed by atoms with E-state index in [1.54, 1.807) is 0 Å². The molecule has 25 heavy (non-hydrogen) atoms. The highest BCUT2D eigenvalue weighted by molar-refractivity contribution is 5.98. The van der Waals surface area contributed by atoms with Crippen molar-refractivity contribution in [3.05, 3.63) is 42.0 Å². The summed E-state index contributed by atoms with van der Waals surface area (Å²) < 4.78 is 0. The number of aliphatic hydroxyl groups excluding tert-OH is 1. The van der Waals surface area contributed by atoms with Gasteiger partial charge in [-0.15, -0.1) is 0 Å². The smallest absolute Gasteiger partial charge is 0.0998 e. The van der Waals surface area contributed by atoms with Crippen molar-refractivity contribution in [2.75, 3.05) is 38.1 Å². The van der Waals surface area contributed by atoms with Crippen LogP contribution in [0.3, 0.4) is 0 Å². The minimum Gasteiger partial charge on any atom is -0.392 e. The van der Waals surface area contributed by atoms with Gasteiger partial charge in [-0.05, 0) is 19.2 Å². The molecule has 4 heteroatoms. The summed E-state index contributed by atoms with van der Waals surface area (Å²) in [5.74, 6) is 0. The third kappa shape index (κ3) is 2.42. The maximum atomic E-state index is 11.0. The first-order valence-corrected chi connectivity index (χ1v) is 8.90. The first-order chi connectivity index (χ1) is 11.9. The monoisotopic (exact) mass is 335 g/mol. The number of aliphatic hydroxyl groups is 1. The van der Waals surface area contributed by atoms with Gasteiger partial charge in [0.1, 0.15) is 0 Å². The predicted octanol–water partition coefficient (Wildman–Crippen LogP) is 2.85. The average Bonchev–Trinajstić information content (AvgIpc) is 2.56. The van der Waals surface area contributed by atoms with Gasteiger partial charge >= 0.3 is 0 Å². The molecule has 2 saturated heterocycles. The minimum absolute atomic E-state index is 0.158. The molecule has 4 rings (SSSR count). The van der Waals surface area contributed by atoms with Crippen LogP contribution in [0, 0.1) is 22.2 Å². The van der Waals surface area contributed by atoms with E-state index in [0.29, 0.717) is 5.56 Å². The van der Waals surface area contributed by atoms with Crippen LogP contribution in [0.2, 0.25) is 0 Å². The second-order valence-corrected chi connectivity index (χ2v) is 8.53. The molecule has 2 aliphatic rings. The summed E-state index contributed by atoms with van der Waals surface area (Å²) in [4.78, 5) is 4.77. The Bertz CT molecular complexity index is 851. The van der Waals surface area contributed by atoms with Crippen LogP contribution < -0.4 is 4.90 Å². The number of nitrogens with zero attached hydrogens (tertiary/aromatic N) is 3. The molecule has 2 aromatic carbocycles. The van der Waals surface area contributed by atoms with Crippen molar-refractivity contribution in [2.45, 2.75) is 20.0 Å². The number of anilines is 1. The van der Waals surface area contributed by atoms with Gasteiger partial charge in [-0.25, -0.2) is 0 Å². The molecule has 0 amide bonds. The molecular formula is C21H25N3O. The second kappa shape index (κ2) is 5.45. The number of hydrogen-bond donors (Lipinski definition) is 1. The topological polar surface area (TPSA) is 50.5 Å². The minimum atomic E-state index is -0.294. The van der Waals surface area contributed by atoms with Crippen molar-refractivity contribution in [2.24, 2.45) is 10.8 Å². The Morgan fingerprint density at radius 1 is 1.00 bits per heavy atom. The molecule has 2 unspecified atom stereocenters. The fourth-order valence-corrected chi connectivity index (χ4v) is 5.33. The third-order valence-corrected chi connectivity index (χ3v) is 6.05. The predicted molar refractivity (Wildman–Crippen MR) is 101 cm³/mol.